The number of likely N-dealkylation sites (tertiary alicyclic amines) is 1. The third-order valence-electron chi connectivity index (χ3n) is 6.21. The first-order chi connectivity index (χ1) is 16.5. The van der Waals surface area contributed by atoms with Gasteiger partial charge < -0.3 is 14.6 Å². The van der Waals surface area contributed by atoms with Crippen LogP contribution < -0.4 is 5.32 Å². The summed E-state index contributed by atoms with van der Waals surface area (Å²) in [5.74, 6) is -2.00. The highest BCUT2D eigenvalue weighted by Crippen LogP contribution is 2.30. The van der Waals surface area contributed by atoms with Gasteiger partial charge in [-0.25, -0.2) is 18.7 Å². The fourth-order valence-corrected chi connectivity index (χ4v) is 4.50. The molecule has 4 aromatic rings. The molecule has 5 rings (SSSR count). The van der Waals surface area contributed by atoms with Gasteiger partial charge in [0.1, 0.15) is 17.2 Å². The summed E-state index contributed by atoms with van der Waals surface area (Å²) in [4.78, 5) is 28.0. The van der Waals surface area contributed by atoms with Crippen LogP contribution in [0.3, 0.4) is 0 Å². The third kappa shape index (κ3) is 4.21. The molecule has 1 fully saturated rings. The summed E-state index contributed by atoms with van der Waals surface area (Å²) in [6.45, 7) is 2.88. The van der Waals surface area contributed by atoms with Crippen molar-refractivity contribution in [1.29, 1.82) is 0 Å². The van der Waals surface area contributed by atoms with E-state index in [9.17, 15) is 9.18 Å². The zero-order valence-corrected chi connectivity index (χ0v) is 18.5. The number of aromatic nitrogens is 3. The highest BCUT2D eigenvalue weighted by Gasteiger charge is 2.35. The summed E-state index contributed by atoms with van der Waals surface area (Å²) < 4.78 is 34.8. The van der Waals surface area contributed by atoms with Gasteiger partial charge in [0.2, 0.25) is 0 Å². The van der Waals surface area contributed by atoms with Crippen molar-refractivity contribution < 1.29 is 18.0 Å². The molecule has 0 saturated carbocycles. The molecule has 0 unspecified atom stereocenters. The molecular weight excluding hydrogens is 440 g/mol. The third-order valence-corrected chi connectivity index (χ3v) is 6.21. The molecule has 3 heterocycles. The van der Waals surface area contributed by atoms with Gasteiger partial charge in [0.25, 0.3) is 11.9 Å². The number of fused-ring (bicyclic) bond motifs is 1. The van der Waals surface area contributed by atoms with Gasteiger partial charge in [0.05, 0.1) is 11.6 Å². The number of benzene rings is 2. The van der Waals surface area contributed by atoms with E-state index < -0.39 is 17.5 Å². The fraction of sp³-hybridized carbons (Fsp3) is 0.280. The number of piperidine rings is 1. The number of hydrogen-bond donors (Lipinski definition) is 1. The van der Waals surface area contributed by atoms with Crippen molar-refractivity contribution in [3.63, 3.8) is 0 Å². The summed E-state index contributed by atoms with van der Waals surface area (Å²) in [6, 6.07) is 11.0. The van der Waals surface area contributed by atoms with Crippen LogP contribution in [-0.2, 0) is 0 Å². The molecule has 2 atom stereocenters. The molecule has 1 aliphatic rings. The quantitative estimate of drug-likeness (QED) is 0.453. The summed E-state index contributed by atoms with van der Waals surface area (Å²) in [5.41, 5.74) is 1.20. The Kier molecular flexibility index (Phi) is 5.91. The molecule has 7 nitrogen and oxygen atoms in total. The molecule has 1 amide bonds. The van der Waals surface area contributed by atoms with Gasteiger partial charge in [-0.3, -0.25) is 4.79 Å². The smallest absolute Gasteiger partial charge is 0.295 e. The lowest BCUT2D eigenvalue weighted by Crippen LogP contribution is -2.51. The molecule has 0 spiro atoms. The van der Waals surface area contributed by atoms with E-state index in [1.165, 1.54) is 12.4 Å². The van der Waals surface area contributed by atoms with Crippen LogP contribution in [0.2, 0.25) is 0 Å². The Morgan fingerprint density at radius 3 is 2.76 bits per heavy atom. The van der Waals surface area contributed by atoms with Gasteiger partial charge in [0, 0.05) is 37.1 Å². The predicted molar refractivity (Wildman–Crippen MR) is 123 cm³/mol. The summed E-state index contributed by atoms with van der Waals surface area (Å²) in [7, 11) is 0. The molecule has 174 valence electrons. The zero-order valence-electron chi connectivity index (χ0n) is 18.5. The molecule has 1 aliphatic heterocycles. The second kappa shape index (κ2) is 9.17. The van der Waals surface area contributed by atoms with Gasteiger partial charge in [-0.15, -0.1) is 0 Å². The number of oxazole rings is 1. The standard InChI is InChI=1S/C25H23F2N5O2/c1-15-6-4-11-32(20(15)14-30-25-31-19-7-2-3-8-21(19)34-25)24(33)22-17(12-16(26)13-18(22)27)23-28-9-5-10-29-23/h2-3,5,7-10,12-13,15,20H,4,6,11,14H2,1H3,(H,30,31)/t15-,20-/m1/s1. The second-order valence-corrected chi connectivity index (χ2v) is 8.44. The Morgan fingerprint density at radius 2 is 1.97 bits per heavy atom. The number of nitrogens with one attached hydrogen (secondary N) is 1. The second-order valence-electron chi connectivity index (χ2n) is 8.44. The van der Waals surface area contributed by atoms with Crippen LogP contribution in [0.4, 0.5) is 14.8 Å². The van der Waals surface area contributed by atoms with Crippen molar-refractivity contribution in [2.45, 2.75) is 25.8 Å². The van der Waals surface area contributed by atoms with E-state index in [0.29, 0.717) is 24.7 Å². The topological polar surface area (TPSA) is 84.2 Å². The first kappa shape index (κ1) is 21.9. The van der Waals surface area contributed by atoms with Crippen molar-refractivity contribution in [3.05, 3.63) is 72.1 Å². The number of para-hydroxylation sites is 2. The molecule has 1 N–H and O–H groups in total. The highest BCUT2D eigenvalue weighted by molar-refractivity contribution is 6.00. The van der Waals surface area contributed by atoms with Gasteiger partial charge >= 0.3 is 0 Å². The lowest BCUT2D eigenvalue weighted by molar-refractivity contribution is 0.0535. The van der Waals surface area contributed by atoms with Crippen molar-refractivity contribution >= 4 is 23.0 Å². The summed E-state index contributed by atoms with van der Waals surface area (Å²) in [6.07, 6.45) is 4.64. The normalized spacial score (nSPS) is 18.3. The van der Waals surface area contributed by atoms with Crippen molar-refractivity contribution in [2.75, 3.05) is 18.4 Å². The van der Waals surface area contributed by atoms with E-state index in [4.69, 9.17) is 4.42 Å². The maximum absolute atomic E-state index is 15.0. The number of amides is 1. The Bertz CT molecular complexity index is 1290. The van der Waals surface area contributed by atoms with Gasteiger partial charge in [-0.2, -0.15) is 4.98 Å². The Hall–Kier alpha value is -3.88. The molecule has 2 aromatic heterocycles. The number of nitrogens with zero attached hydrogens (tertiary/aromatic N) is 4. The lowest BCUT2D eigenvalue weighted by Gasteiger charge is -2.40. The molecule has 0 aliphatic carbocycles. The van der Waals surface area contributed by atoms with Gasteiger partial charge in [-0.05, 0) is 43.0 Å². The number of hydrogen-bond acceptors (Lipinski definition) is 6. The van der Waals surface area contributed by atoms with E-state index >= 15 is 4.39 Å². The number of halogens is 2. The van der Waals surface area contributed by atoms with Crippen molar-refractivity contribution in [3.8, 4) is 11.4 Å². The van der Waals surface area contributed by atoms with E-state index in [1.54, 1.807) is 11.0 Å². The summed E-state index contributed by atoms with van der Waals surface area (Å²) in [5, 5.41) is 3.19. The molecule has 2 aromatic carbocycles. The maximum Gasteiger partial charge on any atom is 0.295 e. The highest BCUT2D eigenvalue weighted by atomic mass is 19.1. The molecule has 0 bridgehead atoms. The molecular formula is C25H23F2N5O2. The lowest BCUT2D eigenvalue weighted by atomic mass is 9.89. The maximum atomic E-state index is 15.0. The minimum Gasteiger partial charge on any atom is -0.424 e. The van der Waals surface area contributed by atoms with E-state index in [1.807, 2.05) is 24.3 Å². The number of rotatable bonds is 5. The summed E-state index contributed by atoms with van der Waals surface area (Å²) >= 11 is 0. The first-order valence-electron chi connectivity index (χ1n) is 11.2. The minimum atomic E-state index is -0.934. The van der Waals surface area contributed by atoms with Crippen LogP contribution in [-0.4, -0.2) is 44.9 Å². The van der Waals surface area contributed by atoms with E-state index in [0.717, 1.165) is 30.5 Å². The molecule has 34 heavy (non-hydrogen) atoms. The number of carbonyl (C=O) groups excluding carboxylic acids is 1. The number of anilines is 1. The van der Waals surface area contributed by atoms with Crippen LogP contribution in [0.5, 0.6) is 0 Å². The Balaban J connectivity index is 1.45. The number of carbonyl (C=O) groups is 1. The molecule has 1 saturated heterocycles. The van der Waals surface area contributed by atoms with Crippen LogP contribution in [0.1, 0.15) is 30.1 Å². The van der Waals surface area contributed by atoms with Gasteiger partial charge in [-0.1, -0.05) is 19.1 Å². The van der Waals surface area contributed by atoms with E-state index in [-0.39, 0.29) is 28.9 Å². The van der Waals surface area contributed by atoms with Crippen LogP contribution in [0, 0.1) is 17.6 Å². The van der Waals surface area contributed by atoms with Crippen LogP contribution in [0.25, 0.3) is 22.5 Å². The van der Waals surface area contributed by atoms with Crippen molar-refractivity contribution in [2.24, 2.45) is 5.92 Å². The molecule has 9 heteroatoms. The average molecular weight is 463 g/mol. The zero-order chi connectivity index (χ0) is 23.7. The van der Waals surface area contributed by atoms with Crippen LogP contribution >= 0.6 is 0 Å². The minimum absolute atomic E-state index is 0.0342. The fourth-order valence-electron chi connectivity index (χ4n) is 4.50. The first-order valence-corrected chi connectivity index (χ1v) is 11.2. The Morgan fingerprint density at radius 1 is 1.18 bits per heavy atom. The van der Waals surface area contributed by atoms with E-state index in [2.05, 4.69) is 27.2 Å². The largest absolute Gasteiger partial charge is 0.424 e. The van der Waals surface area contributed by atoms with Crippen LogP contribution in [0.15, 0.2) is 59.3 Å². The predicted octanol–water partition coefficient (Wildman–Crippen LogP) is 4.92. The average Bonchev–Trinajstić information content (AvgIpc) is 3.26. The molecule has 0 radical (unpaired) electrons. The SMILES string of the molecule is C[C@@H]1CCCN(C(=O)c2c(F)cc(F)cc2-c2ncccn2)[C@@H]1CNc1nc2ccccc2o1. The van der Waals surface area contributed by atoms with Gasteiger partial charge in [0.15, 0.2) is 11.4 Å². The monoisotopic (exact) mass is 463 g/mol. The van der Waals surface area contributed by atoms with Crippen molar-refractivity contribution in [1.82, 2.24) is 19.9 Å². The Labute approximate surface area is 194 Å².